The third-order valence-corrected chi connectivity index (χ3v) is 5.09. The Kier molecular flexibility index (Phi) is 3.94. The lowest BCUT2D eigenvalue weighted by Gasteiger charge is -1.94. The quantitative estimate of drug-likeness (QED) is 0.506. The van der Waals surface area contributed by atoms with Crippen molar-refractivity contribution in [2.45, 2.75) is 6.54 Å². The molecule has 0 aliphatic rings. The summed E-state index contributed by atoms with van der Waals surface area (Å²) in [5, 5.41) is 17.1. The number of benzene rings is 1. The van der Waals surface area contributed by atoms with Crippen molar-refractivity contribution in [2.24, 2.45) is 0 Å². The highest BCUT2D eigenvalue weighted by atomic mass is 35.5. The number of carbonyl (C=O) groups is 1. The third kappa shape index (κ3) is 2.87. The molecule has 3 heterocycles. The Hall–Kier alpha value is -2.78. The highest BCUT2D eigenvalue weighted by molar-refractivity contribution is 7.23. The van der Waals surface area contributed by atoms with Gasteiger partial charge < -0.3 is 9.15 Å². The standard InChI is InChI=1S/C15H10ClN5O3S/c1-23-15(22)9-6-21(20-17-9)7-11-18-19-14(24-11)13-12(16)8-4-2-3-5-10(8)25-13/h2-6H,7H2,1H3. The first-order valence-electron chi connectivity index (χ1n) is 7.14. The summed E-state index contributed by atoms with van der Waals surface area (Å²) in [6.45, 7) is 0.180. The van der Waals surface area contributed by atoms with Crippen LogP contribution < -0.4 is 0 Å². The van der Waals surface area contributed by atoms with E-state index in [1.807, 2.05) is 24.3 Å². The number of thiophene rings is 1. The number of carbonyl (C=O) groups excluding carboxylic acids is 1. The van der Waals surface area contributed by atoms with Crippen LogP contribution in [0.1, 0.15) is 16.4 Å². The first kappa shape index (κ1) is 15.7. The molecule has 0 atom stereocenters. The Balaban J connectivity index is 1.60. The van der Waals surface area contributed by atoms with Gasteiger partial charge in [-0.1, -0.05) is 35.0 Å². The minimum Gasteiger partial charge on any atom is -0.464 e. The molecule has 0 N–H and O–H groups in total. The van der Waals surface area contributed by atoms with Crippen LogP contribution in [0.25, 0.3) is 20.9 Å². The molecule has 0 amide bonds. The number of esters is 1. The third-order valence-electron chi connectivity index (χ3n) is 3.43. The molecule has 0 radical (unpaired) electrons. The SMILES string of the molecule is COC(=O)c1cn(Cc2nnc(-c3sc4ccccc4c3Cl)o2)nn1. The van der Waals surface area contributed by atoms with Gasteiger partial charge in [-0.05, 0) is 6.07 Å². The molecule has 8 nitrogen and oxygen atoms in total. The normalized spacial score (nSPS) is 11.1. The van der Waals surface area contributed by atoms with Crippen molar-refractivity contribution in [1.82, 2.24) is 25.2 Å². The van der Waals surface area contributed by atoms with Crippen molar-refractivity contribution in [3.63, 3.8) is 0 Å². The highest BCUT2D eigenvalue weighted by Gasteiger charge is 2.18. The van der Waals surface area contributed by atoms with Crippen LogP contribution in [0.15, 0.2) is 34.9 Å². The lowest BCUT2D eigenvalue weighted by atomic mass is 10.2. The first-order chi connectivity index (χ1) is 12.2. The Labute approximate surface area is 150 Å². The van der Waals surface area contributed by atoms with Gasteiger partial charge >= 0.3 is 5.97 Å². The molecule has 0 saturated carbocycles. The van der Waals surface area contributed by atoms with Gasteiger partial charge in [0.05, 0.1) is 18.3 Å². The van der Waals surface area contributed by atoms with Crippen molar-refractivity contribution < 1.29 is 13.9 Å². The van der Waals surface area contributed by atoms with Crippen LogP contribution in [-0.2, 0) is 11.3 Å². The van der Waals surface area contributed by atoms with Gasteiger partial charge in [-0.2, -0.15) is 0 Å². The molecule has 0 aliphatic carbocycles. The molecule has 126 valence electrons. The molecule has 1 aromatic carbocycles. The zero-order valence-corrected chi connectivity index (χ0v) is 14.4. The van der Waals surface area contributed by atoms with Crippen molar-refractivity contribution in [2.75, 3.05) is 7.11 Å². The number of nitrogens with zero attached hydrogens (tertiary/aromatic N) is 5. The van der Waals surface area contributed by atoms with Gasteiger partial charge in [0, 0.05) is 10.1 Å². The van der Waals surface area contributed by atoms with E-state index in [2.05, 4.69) is 25.2 Å². The number of halogens is 1. The molecule has 0 unspecified atom stereocenters. The molecule has 3 aromatic heterocycles. The number of methoxy groups -OCH3 is 1. The van der Waals surface area contributed by atoms with E-state index in [4.69, 9.17) is 16.0 Å². The Morgan fingerprint density at radius 3 is 2.96 bits per heavy atom. The van der Waals surface area contributed by atoms with Gasteiger partial charge in [-0.3, -0.25) is 0 Å². The van der Waals surface area contributed by atoms with E-state index in [0.29, 0.717) is 16.8 Å². The predicted octanol–water partition coefficient (Wildman–Crippen LogP) is 3.03. The van der Waals surface area contributed by atoms with Gasteiger partial charge in [0.25, 0.3) is 5.89 Å². The van der Waals surface area contributed by atoms with E-state index in [1.165, 1.54) is 29.3 Å². The Morgan fingerprint density at radius 2 is 2.16 bits per heavy atom. The summed E-state index contributed by atoms with van der Waals surface area (Å²) < 4.78 is 12.7. The van der Waals surface area contributed by atoms with E-state index < -0.39 is 5.97 Å². The summed E-state index contributed by atoms with van der Waals surface area (Å²) in [4.78, 5) is 12.1. The van der Waals surface area contributed by atoms with Crippen LogP contribution in [0.3, 0.4) is 0 Å². The molecule has 25 heavy (non-hydrogen) atoms. The maximum atomic E-state index is 11.4. The number of rotatable bonds is 4. The Bertz CT molecular complexity index is 1070. The second-order valence-corrected chi connectivity index (χ2v) is 6.47. The predicted molar refractivity (Wildman–Crippen MR) is 90.6 cm³/mol. The van der Waals surface area contributed by atoms with E-state index in [0.717, 1.165) is 15.0 Å². The molecule has 4 aromatic rings. The average molecular weight is 376 g/mol. The largest absolute Gasteiger partial charge is 0.464 e. The molecular weight excluding hydrogens is 366 g/mol. The fraction of sp³-hybridized carbons (Fsp3) is 0.133. The van der Waals surface area contributed by atoms with E-state index in [9.17, 15) is 4.79 Å². The zero-order chi connectivity index (χ0) is 17.4. The van der Waals surface area contributed by atoms with Gasteiger partial charge in [0.2, 0.25) is 5.89 Å². The maximum absolute atomic E-state index is 11.4. The van der Waals surface area contributed by atoms with E-state index in [1.54, 1.807) is 0 Å². The molecule has 0 spiro atoms. The summed E-state index contributed by atoms with van der Waals surface area (Å²) in [6.07, 6.45) is 1.45. The Morgan fingerprint density at radius 1 is 1.32 bits per heavy atom. The van der Waals surface area contributed by atoms with Gasteiger partial charge in [0.15, 0.2) is 5.69 Å². The van der Waals surface area contributed by atoms with Crippen LogP contribution in [0.5, 0.6) is 0 Å². The number of aromatic nitrogens is 5. The topological polar surface area (TPSA) is 95.9 Å². The smallest absolute Gasteiger partial charge is 0.360 e. The summed E-state index contributed by atoms with van der Waals surface area (Å²) in [7, 11) is 1.28. The van der Waals surface area contributed by atoms with Gasteiger partial charge in [0.1, 0.15) is 11.4 Å². The second-order valence-electron chi connectivity index (χ2n) is 5.04. The van der Waals surface area contributed by atoms with Crippen molar-refractivity contribution in [1.29, 1.82) is 0 Å². The van der Waals surface area contributed by atoms with Gasteiger partial charge in [-0.25, -0.2) is 9.48 Å². The number of ether oxygens (including phenoxy) is 1. The van der Waals surface area contributed by atoms with Crippen molar-refractivity contribution in [3.8, 4) is 10.8 Å². The molecule has 0 fully saturated rings. The molecule has 4 rings (SSSR count). The number of hydrogen-bond donors (Lipinski definition) is 0. The zero-order valence-electron chi connectivity index (χ0n) is 12.8. The monoisotopic (exact) mass is 375 g/mol. The fourth-order valence-corrected chi connectivity index (χ4v) is 3.71. The summed E-state index contributed by atoms with van der Waals surface area (Å²) in [5.41, 5.74) is 0.106. The van der Waals surface area contributed by atoms with Crippen LogP contribution in [0.2, 0.25) is 5.02 Å². The van der Waals surface area contributed by atoms with Crippen LogP contribution in [0, 0.1) is 0 Å². The van der Waals surface area contributed by atoms with E-state index in [-0.39, 0.29) is 12.2 Å². The summed E-state index contributed by atoms with van der Waals surface area (Å²) in [6, 6.07) is 7.80. The average Bonchev–Trinajstić information content (AvgIpc) is 3.35. The van der Waals surface area contributed by atoms with Crippen molar-refractivity contribution in [3.05, 3.63) is 47.1 Å². The summed E-state index contributed by atoms with van der Waals surface area (Å²) in [5.74, 6) is 0.105. The molecule has 0 bridgehead atoms. The molecule has 0 saturated heterocycles. The number of hydrogen-bond acceptors (Lipinski definition) is 8. The van der Waals surface area contributed by atoms with Crippen LogP contribution in [0.4, 0.5) is 0 Å². The van der Waals surface area contributed by atoms with Gasteiger partial charge in [-0.15, -0.1) is 26.6 Å². The first-order valence-corrected chi connectivity index (χ1v) is 8.33. The summed E-state index contributed by atoms with van der Waals surface area (Å²) >= 11 is 7.90. The number of fused-ring (bicyclic) bond motifs is 1. The second kappa shape index (κ2) is 6.26. The molecule has 0 aliphatic heterocycles. The fourth-order valence-electron chi connectivity index (χ4n) is 2.27. The lowest BCUT2D eigenvalue weighted by Crippen LogP contribution is -2.02. The maximum Gasteiger partial charge on any atom is 0.360 e. The lowest BCUT2D eigenvalue weighted by molar-refractivity contribution is 0.0594. The minimum absolute atomic E-state index is 0.106. The highest BCUT2D eigenvalue weighted by Crippen LogP contribution is 2.41. The van der Waals surface area contributed by atoms with Crippen LogP contribution >= 0.6 is 22.9 Å². The van der Waals surface area contributed by atoms with E-state index >= 15 is 0 Å². The van der Waals surface area contributed by atoms with Crippen molar-refractivity contribution >= 4 is 39.0 Å². The molecule has 10 heteroatoms. The minimum atomic E-state index is -0.561. The van der Waals surface area contributed by atoms with Crippen LogP contribution in [-0.4, -0.2) is 38.3 Å². The molecular formula is C15H10ClN5O3S.